The van der Waals surface area contributed by atoms with Gasteiger partial charge < -0.3 is 15.0 Å². The lowest BCUT2D eigenvalue weighted by atomic mass is 9.87. The lowest BCUT2D eigenvalue weighted by Gasteiger charge is -2.39. The van der Waals surface area contributed by atoms with Crippen LogP contribution in [-0.2, 0) is 16.0 Å². The SMILES string of the molecule is Cc1ccc(C2c3cc(OCC(=O)NC(C)C)ccc3CCN2C(=O)C(C)C)cc1. The fourth-order valence-corrected chi connectivity index (χ4v) is 3.87. The quantitative estimate of drug-likeness (QED) is 0.785. The van der Waals surface area contributed by atoms with Crippen LogP contribution in [0.4, 0.5) is 0 Å². The molecule has 160 valence electrons. The minimum absolute atomic E-state index is 0.0270. The summed E-state index contributed by atoms with van der Waals surface area (Å²) in [5, 5.41) is 2.83. The van der Waals surface area contributed by atoms with E-state index >= 15 is 0 Å². The molecular formula is C25H32N2O3. The molecule has 0 radical (unpaired) electrons. The zero-order valence-electron chi connectivity index (χ0n) is 18.6. The van der Waals surface area contributed by atoms with Crippen molar-refractivity contribution >= 4 is 11.8 Å². The third-order valence-corrected chi connectivity index (χ3v) is 5.34. The molecule has 0 fully saturated rings. The number of nitrogens with zero attached hydrogens (tertiary/aromatic N) is 1. The molecule has 2 amide bonds. The Morgan fingerprint density at radius 3 is 2.43 bits per heavy atom. The lowest BCUT2D eigenvalue weighted by molar-refractivity contribution is -0.136. The van der Waals surface area contributed by atoms with Gasteiger partial charge in [0.2, 0.25) is 5.91 Å². The summed E-state index contributed by atoms with van der Waals surface area (Å²) < 4.78 is 5.77. The number of carbonyl (C=O) groups excluding carboxylic acids is 2. The molecule has 30 heavy (non-hydrogen) atoms. The third-order valence-electron chi connectivity index (χ3n) is 5.34. The van der Waals surface area contributed by atoms with Crippen molar-refractivity contribution in [1.82, 2.24) is 10.2 Å². The molecule has 1 aliphatic rings. The molecule has 0 saturated heterocycles. The van der Waals surface area contributed by atoms with E-state index in [2.05, 4.69) is 42.6 Å². The fourth-order valence-electron chi connectivity index (χ4n) is 3.87. The average Bonchev–Trinajstić information content (AvgIpc) is 2.71. The number of ether oxygens (including phenoxy) is 1. The molecule has 5 nitrogen and oxygen atoms in total. The zero-order valence-corrected chi connectivity index (χ0v) is 18.6. The first kappa shape index (κ1) is 21.9. The number of aryl methyl sites for hydroxylation is 1. The summed E-state index contributed by atoms with van der Waals surface area (Å²) in [6, 6.07) is 14.2. The monoisotopic (exact) mass is 408 g/mol. The van der Waals surface area contributed by atoms with Gasteiger partial charge >= 0.3 is 0 Å². The first-order valence-corrected chi connectivity index (χ1v) is 10.7. The second-order valence-electron chi connectivity index (χ2n) is 8.62. The molecule has 1 unspecified atom stereocenters. The number of fused-ring (bicyclic) bond motifs is 1. The smallest absolute Gasteiger partial charge is 0.258 e. The summed E-state index contributed by atoms with van der Waals surface area (Å²) in [5.41, 5.74) is 4.56. The van der Waals surface area contributed by atoms with Crippen LogP contribution in [0.1, 0.15) is 56.0 Å². The van der Waals surface area contributed by atoms with Gasteiger partial charge in [-0.15, -0.1) is 0 Å². The predicted molar refractivity (Wildman–Crippen MR) is 118 cm³/mol. The van der Waals surface area contributed by atoms with Gasteiger partial charge in [-0.25, -0.2) is 0 Å². The maximum absolute atomic E-state index is 13.0. The number of rotatable bonds is 6. The molecule has 0 aliphatic carbocycles. The third kappa shape index (κ3) is 5.02. The largest absolute Gasteiger partial charge is 0.484 e. The number of carbonyl (C=O) groups is 2. The number of hydrogen-bond acceptors (Lipinski definition) is 3. The maximum Gasteiger partial charge on any atom is 0.258 e. The Morgan fingerprint density at radius 2 is 1.80 bits per heavy atom. The van der Waals surface area contributed by atoms with Gasteiger partial charge in [-0.1, -0.05) is 49.7 Å². The number of nitrogens with one attached hydrogen (secondary N) is 1. The Kier molecular flexibility index (Phi) is 6.80. The second-order valence-corrected chi connectivity index (χ2v) is 8.62. The van der Waals surface area contributed by atoms with E-state index in [1.54, 1.807) is 0 Å². The minimum atomic E-state index is -0.155. The molecule has 0 saturated carbocycles. The second kappa shape index (κ2) is 9.33. The van der Waals surface area contributed by atoms with Crippen molar-refractivity contribution in [3.05, 3.63) is 64.7 Å². The van der Waals surface area contributed by atoms with Crippen molar-refractivity contribution in [3.63, 3.8) is 0 Å². The zero-order chi connectivity index (χ0) is 21.8. The highest BCUT2D eigenvalue weighted by Gasteiger charge is 2.33. The van der Waals surface area contributed by atoms with Gasteiger partial charge in [-0.05, 0) is 56.0 Å². The van der Waals surface area contributed by atoms with Crippen molar-refractivity contribution in [3.8, 4) is 5.75 Å². The Morgan fingerprint density at radius 1 is 1.10 bits per heavy atom. The standard InChI is InChI=1S/C25H32N2O3/c1-16(2)25(29)27-13-12-19-10-11-21(30-15-23(28)26-17(3)4)14-22(19)24(27)20-8-6-18(5)7-9-20/h6-11,14,16-17,24H,12-13,15H2,1-5H3,(H,26,28). The van der Waals surface area contributed by atoms with Crippen molar-refractivity contribution in [1.29, 1.82) is 0 Å². The van der Waals surface area contributed by atoms with Crippen molar-refractivity contribution in [2.75, 3.05) is 13.2 Å². The Bertz CT molecular complexity index is 903. The highest BCUT2D eigenvalue weighted by Crippen LogP contribution is 2.38. The van der Waals surface area contributed by atoms with Gasteiger partial charge in [-0.3, -0.25) is 9.59 Å². The molecule has 0 bridgehead atoms. The number of hydrogen-bond donors (Lipinski definition) is 1. The molecular weight excluding hydrogens is 376 g/mol. The molecule has 1 atom stereocenters. The summed E-state index contributed by atoms with van der Waals surface area (Å²) in [6.45, 7) is 10.4. The van der Waals surface area contributed by atoms with E-state index in [0.717, 1.165) is 17.5 Å². The predicted octanol–water partition coefficient (Wildman–Crippen LogP) is 4.03. The summed E-state index contributed by atoms with van der Waals surface area (Å²) in [7, 11) is 0. The van der Waals surface area contributed by atoms with Gasteiger partial charge in [0, 0.05) is 18.5 Å². The van der Waals surface area contributed by atoms with E-state index in [1.165, 1.54) is 11.1 Å². The highest BCUT2D eigenvalue weighted by atomic mass is 16.5. The van der Waals surface area contributed by atoms with E-state index in [9.17, 15) is 9.59 Å². The average molecular weight is 409 g/mol. The molecule has 1 heterocycles. The first-order valence-electron chi connectivity index (χ1n) is 10.7. The molecule has 2 aromatic carbocycles. The van der Waals surface area contributed by atoms with Crippen LogP contribution in [-0.4, -0.2) is 35.9 Å². The highest BCUT2D eigenvalue weighted by molar-refractivity contribution is 5.80. The minimum Gasteiger partial charge on any atom is -0.484 e. The summed E-state index contributed by atoms with van der Waals surface area (Å²) in [4.78, 5) is 26.9. The molecule has 3 rings (SSSR count). The maximum atomic E-state index is 13.0. The normalized spacial score (nSPS) is 15.8. The summed E-state index contributed by atoms with van der Waals surface area (Å²) >= 11 is 0. The van der Waals surface area contributed by atoms with Crippen LogP contribution in [0.2, 0.25) is 0 Å². The van der Waals surface area contributed by atoms with Crippen LogP contribution in [0.25, 0.3) is 0 Å². The van der Waals surface area contributed by atoms with Crippen LogP contribution < -0.4 is 10.1 Å². The van der Waals surface area contributed by atoms with E-state index < -0.39 is 0 Å². The van der Waals surface area contributed by atoms with Gasteiger partial charge in [0.05, 0.1) is 6.04 Å². The van der Waals surface area contributed by atoms with Crippen LogP contribution >= 0.6 is 0 Å². The van der Waals surface area contributed by atoms with Crippen LogP contribution in [0.5, 0.6) is 5.75 Å². The van der Waals surface area contributed by atoms with Gasteiger partial charge in [0.1, 0.15) is 5.75 Å². The van der Waals surface area contributed by atoms with Gasteiger partial charge in [-0.2, -0.15) is 0 Å². The molecule has 0 aromatic heterocycles. The Labute approximate surface area is 179 Å². The molecule has 0 spiro atoms. The van der Waals surface area contributed by atoms with Crippen molar-refractivity contribution in [2.24, 2.45) is 5.92 Å². The van der Waals surface area contributed by atoms with Gasteiger partial charge in [0.25, 0.3) is 5.91 Å². The molecule has 2 aromatic rings. The molecule has 1 N–H and O–H groups in total. The van der Waals surface area contributed by atoms with Crippen molar-refractivity contribution < 1.29 is 14.3 Å². The van der Waals surface area contributed by atoms with Crippen LogP contribution in [0.15, 0.2) is 42.5 Å². The van der Waals surface area contributed by atoms with E-state index in [1.807, 2.05) is 44.7 Å². The Balaban J connectivity index is 1.94. The number of amides is 2. The van der Waals surface area contributed by atoms with E-state index in [-0.39, 0.29) is 36.4 Å². The van der Waals surface area contributed by atoms with E-state index in [4.69, 9.17) is 4.74 Å². The summed E-state index contributed by atoms with van der Waals surface area (Å²) in [6.07, 6.45) is 0.810. The summed E-state index contributed by atoms with van der Waals surface area (Å²) in [5.74, 6) is 0.575. The molecule has 5 heteroatoms. The topological polar surface area (TPSA) is 58.6 Å². The Hall–Kier alpha value is -2.82. The number of benzene rings is 2. The van der Waals surface area contributed by atoms with Crippen molar-refractivity contribution in [2.45, 2.75) is 53.1 Å². The first-order chi connectivity index (χ1) is 14.3. The van der Waals surface area contributed by atoms with Gasteiger partial charge in [0.15, 0.2) is 6.61 Å². The van der Waals surface area contributed by atoms with Crippen LogP contribution in [0.3, 0.4) is 0 Å². The van der Waals surface area contributed by atoms with Crippen LogP contribution in [0, 0.1) is 12.8 Å². The molecule has 1 aliphatic heterocycles. The lowest BCUT2D eigenvalue weighted by Crippen LogP contribution is -2.42. The fraction of sp³-hybridized carbons (Fsp3) is 0.440. The van der Waals surface area contributed by atoms with E-state index in [0.29, 0.717) is 12.3 Å².